The second-order valence-electron chi connectivity index (χ2n) is 7.43. The number of H-pyrrole nitrogens is 1. The number of carbonyl (C=O) groups is 2. The van der Waals surface area contributed by atoms with Crippen molar-refractivity contribution < 1.29 is 9.59 Å². The maximum absolute atomic E-state index is 12.7. The summed E-state index contributed by atoms with van der Waals surface area (Å²) in [7, 11) is 1.55. The molecular weight excluding hydrogens is 354 g/mol. The Bertz CT molecular complexity index is 1060. The Morgan fingerprint density at radius 2 is 2.04 bits per heavy atom. The number of aromatic amines is 1. The van der Waals surface area contributed by atoms with Gasteiger partial charge in [-0.2, -0.15) is 0 Å². The number of hydrogen-bond acceptors (Lipinski definition) is 4. The molecule has 0 aliphatic heterocycles. The fraction of sp³-hybridized carbons (Fsp3) is 0.333. The first-order chi connectivity index (χ1) is 13.5. The Balaban J connectivity index is 1.74. The van der Waals surface area contributed by atoms with Gasteiger partial charge in [0.05, 0.1) is 11.7 Å². The van der Waals surface area contributed by atoms with Crippen molar-refractivity contribution in [2.24, 2.45) is 5.92 Å². The molecule has 0 spiro atoms. The molecule has 0 radical (unpaired) electrons. The fourth-order valence-corrected chi connectivity index (χ4v) is 3.43. The molecule has 1 saturated carbocycles. The number of aromatic nitrogens is 3. The van der Waals surface area contributed by atoms with Crippen LogP contribution < -0.4 is 10.6 Å². The van der Waals surface area contributed by atoms with Gasteiger partial charge in [-0.25, -0.2) is 4.98 Å². The van der Waals surface area contributed by atoms with Crippen molar-refractivity contribution in [3.8, 4) is 0 Å². The smallest absolute Gasteiger partial charge is 0.269 e. The van der Waals surface area contributed by atoms with E-state index in [2.05, 4.69) is 32.5 Å². The number of carbonyl (C=O) groups excluding carboxylic acids is 2. The summed E-state index contributed by atoms with van der Waals surface area (Å²) in [4.78, 5) is 36.9. The van der Waals surface area contributed by atoms with Crippen LogP contribution in [0.1, 0.15) is 58.3 Å². The standard InChI is InChI=1S/C21H23N5O2/c1-11-6-16(11)26-20(27)13-7-17(25-18(8-13)21(28)22-3)12(2)15-9-23-10-19-14(15)4-5-24-19/h4-5,7-12,16,24H,6H2,1-3H3,(H,22,28)(H,26,27)/t11-,12+,16-/m0/s1. The van der Waals surface area contributed by atoms with Crippen molar-refractivity contribution in [1.29, 1.82) is 0 Å². The third-order valence-corrected chi connectivity index (χ3v) is 5.41. The van der Waals surface area contributed by atoms with Crippen molar-refractivity contribution in [1.82, 2.24) is 25.6 Å². The van der Waals surface area contributed by atoms with Crippen LogP contribution in [0.15, 0.2) is 36.8 Å². The van der Waals surface area contributed by atoms with Crippen molar-refractivity contribution >= 4 is 22.7 Å². The van der Waals surface area contributed by atoms with Crippen LogP contribution >= 0.6 is 0 Å². The summed E-state index contributed by atoms with van der Waals surface area (Å²) in [5, 5.41) is 6.66. The quantitative estimate of drug-likeness (QED) is 0.636. The summed E-state index contributed by atoms with van der Waals surface area (Å²) in [5.41, 5.74) is 3.26. The van der Waals surface area contributed by atoms with Gasteiger partial charge in [-0.15, -0.1) is 0 Å². The maximum atomic E-state index is 12.7. The molecular formula is C21H23N5O2. The minimum absolute atomic E-state index is 0.136. The van der Waals surface area contributed by atoms with E-state index in [1.165, 1.54) is 0 Å². The van der Waals surface area contributed by atoms with Gasteiger partial charge < -0.3 is 15.6 Å². The Kier molecular flexibility index (Phi) is 4.58. The second-order valence-corrected chi connectivity index (χ2v) is 7.43. The zero-order valence-corrected chi connectivity index (χ0v) is 16.1. The molecule has 2 amide bonds. The molecule has 1 fully saturated rings. The molecule has 3 atom stereocenters. The Hall–Kier alpha value is -3.22. The first kappa shape index (κ1) is 18.2. The average Bonchev–Trinajstić information content (AvgIpc) is 3.19. The normalized spacial score (nSPS) is 19.2. The lowest BCUT2D eigenvalue weighted by molar-refractivity contribution is 0.0949. The zero-order chi connectivity index (χ0) is 19.8. The molecule has 3 N–H and O–H groups in total. The first-order valence-corrected chi connectivity index (χ1v) is 9.44. The van der Waals surface area contributed by atoms with E-state index in [4.69, 9.17) is 0 Å². The van der Waals surface area contributed by atoms with E-state index in [1.807, 2.05) is 19.2 Å². The predicted octanol–water partition coefficient (Wildman–Crippen LogP) is 2.61. The monoisotopic (exact) mass is 377 g/mol. The molecule has 3 heterocycles. The summed E-state index contributed by atoms with van der Waals surface area (Å²) in [6, 6.07) is 5.52. The highest BCUT2D eigenvalue weighted by atomic mass is 16.2. The van der Waals surface area contributed by atoms with E-state index in [9.17, 15) is 9.59 Å². The van der Waals surface area contributed by atoms with Gasteiger partial charge in [0.2, 0.25) is 0 Å². The summed E-state index contributed by atoms with van der Waals surface area (Å²) in [5.74, 6) is -0.128. The van der Waals surface area contributed by atoms with E-state index < -0.39 is 0 Å². The Labute approximate surface area is 163 Å². The third-order valence-electron chi connectivity index (χ3n) is 5.41. The van der Waals surface area contributed by atoms with Crippen LogP contribution in [0.2, 0.25) is 0 Å². The second kappa shape index (κ2) is 7.07. The number of fused-ring (bicyclic) bond motifs is 1. The van der Waals surface area contributed by atoms with E-state index in [0.29, 0.717) is 17.2 Å². The largest absolute Gasteiger partial charge is 0.360 e. The van der Waals surface area contributed by atoms with Gasteiger partial charge in [-0.3, -0.25) is 14.6 Å². The SMILES string of the molecule is CNC(=O)c1cc(C(=O)N[C@H]2C[C@@H]2C)cc([C@H](C)c2cncc3[nH]ccc23)n1. The molecule has 1 aliphatic carbocycles. The highest BCUT2D eigenvalue weighted by Crippen LogP contribution is 2.31. The van der Waals surface area contributed by atoms with Crippen molar-refractivity contribution in [3.05, 3.63) is 59.3 Å². The van der Waals surface area contributed by atoms with E-state index in [0.717, 1.165) is 22.9 Å². The molecule has 0 saturated heterocycles. The first-order valence-electron chi connectivity index (χ1n) is 9.44. The summed E-state index contributed by atoms with van der Waals surface area (Å²) >= 11 is 0. The minimum Gasteiger partial charge on any atom is -0.360 e. The van der Waals surface area contributed by atoms with Gasteiger partial charge in [0.15, 0.2) is 0 Å². The fourth-order valence-electron chi connectivity index (χ4n) is 3.43. The van der Waals surface area contributed by atoms with Crippen molar-refractivity contribution in [2.45, 2.75) is 32.2 Å². The maximum Gasteiger partial charge on any atom is 0.269 e. The predicted molar refractivity (Wildman–Crippen MR) is 106 cm³/mol. The number of pyridine rings is 2. The molecule has 4 rings (SSSR count). The van der Waals surface area contributed by atoms with Crippen molar-refractivity contribution in [3.63, 3.8) is 0 Å². The highest BCUT2D eigenvalue weighted by Gasteiger charge is 2.34. The van der Waals surface area contributed by atoms with Crippen LogP contribution in [-0.2, 0) is 0 Å². The van der Waals surface area contributed by atoms with Gasteiger partial charge >= 0.3 is 0 Å². The van der Waals surface area contributed by atoms with E-state index in [-0.39, 0.29) is 29.5 Å². The van der Waals surface area contributed by atoms with Crippen LogP contribution in [-0.4, -0.2) is 39.9 Å². The van der Waals surface area contributed by atoms with Gasteiger partial charge in [0.1, 0.15) is 5.69 Å². The van der Waals surface area contributed by atoms with Crippen LogP contribution in [0, 0.1) is 5.92 Å². The Morgan fingerprint density at radius 1 is 1.25 bits per heavy atom. The van der Waals surface area contributed by atoms with E-state index >= 15 is 0 Å². The topological polar surface area (TPSA) is 99.8 Å². The third kappa shape index (κ3) is 3.35. The molecule has 7 nitrogen and oxygen atoms in total. The Morgan fingerprint density at radius 3 is 2.75 bits per heavy atom. The number of amides is 2. The lowest BCUT2D eigenvalue weighted by atomic mass is 9.94. The number of hydrogen-bond donors (Lipinski definition) is 3. The number of nitrogens with one attached hydrogen (secondary N) is 3. The summed E-state index contributed by atoms with van der Waals surface area (Å²) in [6.45, 7) is 4.11. The molecule has 7 heteroatoms. The highest BCUT2D eigenvalue weighted by molar-refractivity contribution is 5.99. The lowest BCUT2D eigenvalue weighted by Crippen LogP contribution is -2.28. The molecule has 0 bridgehead atoms. The van der Waals surface area contributed by atoms with Crippen molar-refractivity contribution in [2.75, 3.05) is 7.05 Å². The molecule has 1 aliphatic rings. The molecule has 3 aromatic heterocycles. The molecule has 3 aromatic rings. The van der Waals surface area contributed by atoms with Gasteiger partial charge in [0, 0.05) is 48.0 Å². The molecule has 0 aromatic carbocycles. The van der Waals surface area contributed by atoms with Crippen LogP contribution in [0.4, 0.5) is 0 Å². The lowest BCUT2D eigenvalue weighted by Gasteiger charge is -2.15. The summed E-state index contributed by atoms with van der Waals surface area (Å²) < 4.78 is 0. The van der Waals surface area contributed by atoms with Gasteiger partial charge in [-0.05, 0) is 36.1 Å². The minimum atomic E-state index is -0.319. The van der Waals surface area contributed by atoms with Crippen LogP contribution in [0.25, 0.3) is 10.9 Å². The average molecular weight is 377 g/mol. The number of rotatable bonds is 5. The summed E-state index contributed by atoms with van der Waals surface area (Å²) in [6.07, 6.45) is 6.44. The van der Waals surface area contributed by atoms with E-state index in [1.54, 1.807) is 31.6 Å². The van der Waals surface area contributed by atoms with Gasteiger partial charge in [0.25, 0.3) is 11.8 Å². The zero-order valence-electron chi connectivity index (χ0n) is 16.1. The van der Waals surface area contributed by atoms with Gasteiger partial charge in [-0.1, -0.05) is 13.8 Å². The van der Waals surface area contributed by atoms with Crippen LogP contribution in [0.5, 0.6) is 0 Å². The molecule has 0 unspecified atom stereocenters. The molecule has 28 heavy (non-hydrogen) atoms. The molecule has 144 valence electrons. The van der Waals surface area contributed by atoms with Crippen LogP contribution in [0.3, 0.4) is 0 Å². The number of nitrogens with zero attached hydrogens (tertiary/aromatic N) is 2.